The van der Waals surface area contributed by atoms with Gasteiger partial charge in [0.2, 0.25) is 5.56 Å². The number of hydrogen-bond donors (Lipinski definition) is 6. The molecule has 12 nitrogen and oxygen atoms in total. The van der Waals surface area contributed by atoms with Gasteiger partial charge in [0.05, 0.1) is 22.8 Å². The van der Waals surface area contributed by atoms with Crippen LogP contribution in [0.15, 0.2) is 59.5 Å². The van der Waals surface area contributed by atoms with Crippen molar-refractivity contribution in [3.05, 3.63) is 87.5 Å². The number of phenols is 1. The van der Waals surface area contributed by atoms with Crippen LogP contribution in [-0.2, 0) is 30.7 Å². The Hall–Kier alpha value is -5.38. The van der Waals surface area contributed by atoms with E-state index in [4.69, 9.17) is 9.72 Å². The quantitative estimate of drug-likeness (QED) is 0.0705. The molecule has 5 aromatic rings. The van der Waals surface area contributed by atoms with E-state index in [1.807, 2.05) is 41.2 Å². The molecule has 12 heteroatoms. The topological polar surface area (TPSA) is 158 Å². The molecule has 6 N–H and O–H groups in total. The molecular weight excluding hydrogens is 644 g/mol. The lowest BCUT2D eigenvalue weighted by atomic mass is 10.0. The summed E-state index contributed by atoms with van der Waals surface area (Å²) in [4.78, 5) is 32.3. The number of unbranched alkanes of at least 4 members (excludes halogenated alkanes) is 1. The third kappa shape index (κ3) is 8.86. The van der Waals surface area contributed by atoms with E-state index in [-0.39, 0.29) is 23.4 Å². The number of aryl methyl sites for hydroxylation is 2. The van der Waals surface area contributed by atoms with Crippen molar-refractivity contribution in [2.75, 3.05) is 36.9 Å². The number of benzene rings is 2. The summed E-state index contributed by atoms with van der Waals surface area (Å²) in [6, 6.07) is 14.3. The summed E-state index contributed by atoms with van der Waals surface area (Å²) in [5, 5.41) is 29.6. The molecule has 0 bridgehead atoms. The molecule has 0 atom stereocenters. The highest BCUT2D eigenvalue weighted by atomic mass is 16.5. The second-order valence-corrected chi connectivity index (χ2v) is 12.6. The normalized spacial score (nSPS) is 13.2. The molecule has 1 aliphatic heterocycles. The first-order chi connectivity index (χ1) is 24.9. The van der Waals surface area contributed by atoms with E-state index in [0.29, 0.717) is 17.7 Å². The van der Waals surface area contributed by atoms with Gasteiger partial charge in [-0.2, -0.15) is 5.10 Å². The number of aromatic nitrogens is 4. The molecule has 51 heavy (non-hydrogen) atoms. The molecule has 1 fully saturated rings. The first kappa shape index (κ1) is 35.4. The predicted molar refractivity (Wildman–Crippen MR) is 201 cm³/mol. The molecule has 0 spiro atoms. The van der Waals surface area contributed by atoms with E-state index < -0.39 is 0 Å². The molecule has 6 rings (SSSR count). The highest BCUT2D eigenvalue weighted by Gasteiger charge is 2.22. The molecule has 3 aromatic heterocycles. The Bertz CT molecular complexity index is 2090. The van der Waals surface area contributed by atoms with Gasteiger partial charge in [0.1, 0.15) is 5.75 Å². The van der Waals surface area contributed by atoms with Gasteiger partial charge in [0.25, 0.3) is 0 Å². The maximum absolute atomic E-state index is 13.0. The van der Waals surface area contributed by atoms with Crippen molar-refractivity contribution in [1.82, 2.24) is 30.4 Å². The number of H-pyrrole nitrogens is 1. The Morgan fingerprint density at radius 2 is 1.88 bits per heavy atom. The van der Waals surface area contributed by atoms with Gasteiger partial charge in [-0.05, 0) is 94.1 Å². The van der Waals surface area contributed by atoms with Crippen LogP contribution in [0, 0.1) is 11.8 Å². The van der Waals surface area contributed by atoms with Crippen molar-refractivity contribution < 1.29 is 14.6 Å². The number of carbonyl (C=O) groups excluding carboxylic acids is 1. The molecule has 0 aliphatic carbocycles. The summed E-state index contributed by atoms with van der Waals surface area (Å²) in [7, 11) is 0. The molecule has 0 radical (unpaired) electrons. The Balaban J connectivity index is 0.971. The van der Waals surface area contributed by atoms with Crippen LogP contribution in [0.3, 0.4) is 0 Å². The summed E-state index contributed by atoms with van der Waals surface area (Å²) in [6.45, 7) is 8.27. The van der Waals surface area contributed by atoms with E-state index in [0.717, 1.165) is 116 Å². The molecule has 4 heterocycles. The number of aromatic amines is 1. The van der Waals surface area contributed by atoms with Crippen LogP contribution >= 0.6 is 0 Å². The standard InChI is InChI=1S/C39H46N8O4/c1-3-33-31(36(43-29-18-22-51-23-19-29)32-25-42-47(4-2)38(32)45-33)24-41-39(50)44-28-12-9-26(10-13-28)8-6-5-7-20-40-21-17-27-11-15-34(48)37-30(27)14-16-35(49)46-37/h9-16,25,29,40,48H,3-5,7,17-24H2,1-2H3,(H,43,45)(H,46,49)(H2,41,44,50). The number of phenolic OH excluding ortho intramolecular Hbond substituents is 1. The van der Waals surface area contributed by atoms with Gasteiger partial charge in [-0.25, -0.2) is 14.5 Å². The fraction of sp³-hybridized carbons (Fsp3) is 0.385. The number of nitrogens with zero attached hydrogens (tertiary/aromatic N) is 3. The molecule has 1 aliphatic rings. The first-order valence-corrected chi connectivity index (χ1v) is 17.8. The summed E-state index contributed by atoms with van der Waals surface area (Å²) >= 11 is 0. The monoisotopic (exact) mass is 690 g/mol. The molecule has 0 saturated carbocycles. The summed E-state index contributed by atoms with van der Waals surface area (Å²) in [5.74, 6) is 6.51. The third-order valence-corrected chi connectivity index (χ3v) is 9.17. The van der Waals surface area contributed by atoms with Crippen LogP contribution in [0.5, 0.6) is 5.75 Å². The van der Waals surface area contributed by atoms with Gasteiger partial charge in [-0.3, -0.25) is 4.79 Å². The third-order valence-electron chi connectivity index (χ3n) is 9.17. The number of hydrogen-bond acceptors (Lipinski definition) is 8. The minimum Gasteiger partial charge on any atom is -0.506 e. The lowest BCUT2D eigenvalue weighted by molar-refractivity contribution is 0.0904. The number of urea groups is 1. The van der Waals surface area contributed by atoms with Gasteiger partial charge < -0.3 is 36.1 Å². The van der Waals surface area contributed by atoms with Gasteiger partial charge in [-0.1, -0.05) is 24.8 Å². The van der Waals surface area contributed by atoms with E-state index in [1.165, 1.54) is 6.07 Å². The lowest BCUT2D eigenvalue weighted by Crippen LogP contribution is -2.31. The van der Waals surface area contributed by atoms with Crippen molar-refractivity contribution in [3.63, 3.8) is 0 Å². The van der Waals surface area contributed by atoms with Gasteiger partial charge >= 0.3 is 6.03 Å². The second-order valence-electron chi connectivity index (χ2n) is 12.6. The van der Waals surface area contributed by atoms with Crippen molar-refractivity contribution in [2.45, 2.75) is 71.5 Å². The smallest absolute Gasteiger partial charge is 0.319 e. The highest BCUT2D eigenvalue weighted by Crippen LogP contribution is 2.31. The summed E-state index contributed by atoms with van der Waals surface area (Å²) in [5.41, 5.74) is 6.64. The molecule has 266 valence electrons. The largest absolute Gasteiger partial charge is 0.506 e. The summed E-state index contributed by atoms with van der Waals surface area (Å²) in [6.07, 6.45) is 6.88. The highest BCUT2D eigenvalue weighted by molar-refractivity contribution is 5.93. The zero-order valence-corrected chi connectivity index (χ0v) is 29.3. The number of rotatable bonds is 13. The lowest BCUT2D eigenvalue weighted by Gasteiger charge is -2.26. The van der Waals surface area contributed by atoms with Gasteiger partial charge in [0, 0.05) is 72.7 Å². The maximum atomic E-state index is 13.0. The van der Waals surface area contributed by atoms with Gasteiger partial charge in [0.15, 0.2) is 5.65 Å². The number of anilines is 2. The molecule has 2 aromatic carbocycles. The van der Waals surface area contributed by atoms with Crippen molar-refractivity contribution >= 4 is 39.3 Å². The van der Waals surface area contributed by atoms with E-state index in [1.54, 1.807) is 12.1 Å². The molecule has 2 amide bonds. The molecule has 0 unspecified atom stereocenters. The zero-order valence-electron chi connectivity index (χ0n) is 29.3. The maximum Gasteiger partial charge on any atom is 0.319 e. The van der Waals surface area contributed by atoms with E-state index >= 15 is 0 Å². The number of fused-ring (bicyclic) bond motifs is 2. The molecule has 1 saturated heterocycles. The Morgan fingerprint density at radius 1 is 1.06 bits per heavy atom. The number of carbonyl (C=O) groups is 1. The van der Waals surface area contributed by atoms with Crippen LogP contribution in [0.25, 0.3) is 21.9 Å². The van der Waals surface area contributed by atoms with Gasteiger partial charge in [-0.15, -0.1) is 0 Å². The number of aromatic hydroxyl groups is 1. The fourth-order valence-electron chi connectivity index (χ4n) is 6.41. The minimum atomic E-state index is -0.293. The van der Waals surface area contributed by atoms with Crippen LogP contribution < -0.4 is 26.8 Å². The van der Waals surface area contributed by atoms with E-state index in [9.17, 15) is 14.7 Å². The van der Waals surface area contributed by atoms with Crippen LogP contribution in [0.1, 0.15) is 61.9 Å². The number of ether oxygens (including phenoxy) is 1. The number of pyridine rings is 2. The number of amides is 2. The second kappa shape index (κ2) is 17.0. The van der Waals surface area contributed by atoms with Crippen LogP contribution in [0.4, 0.5) is 16.2 Å². The predicted octanol–water partition coefficient (Wildman–Crippen LogP) is 5.44. The SMILES string of the molecule is CCc1nc2c(cnn2CC)c(NC2CCOCC2)c1CNC(=O)Nc1ccc(C#CCCCNCCc2ccc(O)c3[nH]c(=O)ccc23)cc1. The first-order valence-electron chi connectivity index (χ1n) is 17.8. The summed E-state index contributed by atoms with van der Waals surface area (Å²) < 4.78 is 7.49. The Labute approximate surface area is 297 Å². The van der Waals surface area contributed by atoms with Crippen molar-refractivity contribution in [3.8, 4) is 17.6 Å². The zero-order chi connectivity index (χ0) is 35.6. The van der Waals surface area contributed by atoms with Crippen molar-refractivity contribution in [1.29, 1.82) is 0 Å². The Morgan fingerprint density at radius 3 is 2.67 bits per heavy atom. The minimum absolute atomic E-state index is 0.0762. The number of nitrogens with one attached hydrogen (secondary N) is 5. The Kier molecular flexibility index (Phi) is 11.8. The average Bonchev–Trinajstić information content (AvgIpc) is 3.57. The van der Waals surface area contributed by atoms with Crippen molar-refractivity contribution in [2.24, 2.45) is 0 Å². The van der Waals surface area contributed by atoms with Crippen LogP contribution in [-0.4, -0.2) is 63.2 Å². The van der Waals surface area contributed by atoms with E-state index in [2.05, 4.69) is 57.0 Å². The fourth-order valence-corrected chi connectivity index (χ4v) is 6.41. The average molecular weight is 691 g/mol. The van der Waals surface area contributed by atoms with Crippen LogP contribution in [0.2, 0.25) is 0 Å². The molecular formula is C39H46N8O4.